The van der Waals surface area contributed by atoms with Crippen LogP contribution in [0.2, 0.25) is 0 Å². The fourth-order valence-electron chi connectivity index (χ4n) is 1.66. The smallest absolute Gasteiger partial charge is 0.241 e. The van der Waals surface area contributed by atoms with Crippen LogP contribution in [0.25, 0.3) is 0 Å². The lowest BCUT2D eigenvalue weighted by Crippen LogP contribution is -2.34. The highest BCUT2D eigenvalue weighted by atomic mass is 32.1. The number of likely N-dealkylation sites (N-methyl/N-ethyl adjacent to an activating group) is 2. The average molecular weight is 308 g/mol. The molecule has 0 aliphatic heterocycles. The molecule has 0 saturated carbocycles. The molecule has 21 heavy (non-hydrogen) atoms. The van der Waals surface area contributed by atoms with E-state index in [2.05, 4.69) is 10.2 Å². The van der Waals surface area contributed by atoms with Gasteiger partial charge in [-0.05, 0) is 17.7 Å². The van der Waals surface area contributed by atoms with Crippen molar-refractivity contribution in [1.82, 2.24) is 15.1 Å². The number of nitrogens with zero attached hydrogens (tertiary/aromatic N) is 4. The number of carbonyl (C=O) groups is 1. The van der Waals surface area contributed by atoms with E-state index in [4.69, 9.17) is 0 Å². The first kappa shape index (κ1) is 15.4. The van der Waals surface area contributed by atoms with Gasteiger partial charge in [-0.1, -0.05) is 23.5 Å². The second-order valence-electron chi connectivity index (χ2n) is 4.93. The molecule has 112 valence electrons. The molecule has 0 aliphatic carbocycles. The van der Waals surface area contributed by atoms with Gasteiger partial charge in [0.05, 0.1) is 6.54 Å². The van der Waals surface area contributed by atoms with Crippen molar-refractivity contribution in [3.8, 4) is 0 Å². The summed E-state index contributed by atoms with van der Waals surface area (Å²) in [6.45, 7) is 0.262. The van der Waals surface area contributed by atoms with Crippen molar-refractivity contribution in [3.63, 3.8) is 0 Å². The van der Waals surface area contributed by atoms with E-state index in [-0.39, 0.29) is 18.3 Å². The first-order valence-corrected chi connectivity index (χ1v) is 7.25. The van der Waals surface area contributed by atoms with E-state index in [1.807, 2.05) is 7.05 Å². The van der Waals surface area contributed by atoms with Crippen LogP contribution in [0.5, 0.6) is 0 Å². The molecule has 0 aliphatic rings. The zero-order chi connectivity index (χ0) is 15.4. The third-order valence-corrected chi connectivity index (χ3v) is 3.96. The van der Waals surface area contributed by atoms with Crippen LogP contribution in [0.1, 0.15) is 10.6 Å². The fourth-order valence-corrected chi connectivity index (χ4v) is 2.49. The number of hydrogen-bond acceptors (Lipinski definition) is 5. The molecule has 2 aromatic rings. The molecular formula is C14H17FN4OS. The first-order chi connectivity index (χ1) is 9.95. The number of halogens is 1. The van der Waals surface area contributed by atoms with E-state index in [0.717, 1.165) is 10.6 Å². The monoisotopic (exact) mass is 308 g/mol. The predicted molar refractivity (Wildman–Crippen MR) is 81.1 cm³/mol. The van der Waals surface area contributed by atoms with Crippen LogP contribution >= 0.6 is 11.3 Å². The number of anilines is 1. The van der Waals surface area contributed by atoms with Gasteiger partial charge in [0.1, 0.15) is 10.8 Å². The van der Waals surface area contributed by atoms with Crippen LogP contribution in [0, 0.1) is 5.82 Å². The number of aromatic nitrogens is 2. The van der Waals surface area contributed by atoms with E-state index < -0.39 is 0 Å². The summed E-state index contributed by atoms with van der Waals surface area (Å²) in [5, 5.41) is 9.74. The minimum absolute atomic E-state index is 0.00721. The highest BCUT2D eigenvalue weighted by molar-refractivity contribution is 7.15. The molecule has 0 spiro atoms. The summed E-state index contributed by atoms with van der Waals surface area (Å²) in [5.41, 5.74) is 0.978. The largest absolute Gasteiger partial charge is 0.347 e. The summed E-state index contributed by atoms with van der Waals surface area (Å²) >= 11 is 1.43. The maximum absolute atomic E-state index is 12.9. The van der Waals surface area contributed by atoms with Crippen molar-refractivity contribution in [2.24, 2.45) is 0 Å². The molecule has 0 fully saturated rings. The second-order valence-corrected chi connectivity index (χ2v) is 5.97. The average Bonchev–Trinajstić information content (AvgIpc) is 2.90. The maximum Gasteiger partial charge on any atom is 0.241 e. The maximum atomic E-state index is 12.9. The van der Waals surface area contributed by atoms with Gasteiger partial charge in [-0.3, -0.25) is 4.79 Å². The van der Waals surface area contributed by atoms with Gasteiger partial charge >= 0.3 is 0 Å². The highest BCUT2D eigenvalue weighted by Crippen LogP contribution is 2.21. The van der Waals surface area contributed by atoms with Crippen LogP contribution in [-0.4, -0.2) is 48.7 Å². The predicted octanol–water partition coefficient (Wildman–Crippen LogP) is 1.79. The molecule has 1 aromatic carbocycles. The molecule has 0 atom stereocenters. The van der Waals surface area contributed by atoms with Crippen molar-refractivity contribution in [2.75, 3.05) is 32.6 Å². The van der Waals surface area contributed by atoms with Gasteiger partial charge < -0.3 is 9.80 Å². The first-order valence-electron chi connectivity index (χ1n) is 6.44. The molecule has 1 aromatic heterocycles. The molecular weight excluding hydrogens is 291 g/mol. The molecule has 0 radical (unpaired) electrons. The van der Waals surface area contributed by atoms with Crippen molar-refractivity contribution >= 4 is 22.4 Å². The lowest BCUT2D eigenvalue weighted by Gasteiger charge is -2.17. The number of benzene rings is 1. The Morgan fingerprint density at radius 1 is 1.19 bits per heavy atom. The minimum atomic E-state index is -0.251. The second kappa shape index (κ2) is 6.62. The Balaban J connectivity index is 2.00. The molecule has 5 nitrogen and oxygen atoms in total. The topological polar surface area (TPSA) is 49.3 Å². The zero-order valence-corrected chi connectivity index (χ0v) is 13.0. The van der Waals surface area contributed by atoms with Gasteiger partial charge in [-0.2, -0.15) is 0 Å². The zero-order valence-electron chi connectivity index (χ0n) is 12.2. The summed E-state index contributed by atoms with van der Waals surface area (Å²) in [6, 6.07) is 6.32. The molecule has 2 rings (SSSR count). The molecule has 0 saturated heterocycles. The highest BCUT2D eigenvalue weighted by Gasteiger charge is 2.13. The van der Waals surface area contributed by atoms with Crippen LogP contribution < -0.4 is 4.90 Å². The Bertz CT molecular complexity index is 612. The van der Waals surface area contributed by atoms with Crippen molar-refractivity contribution in [2.45, 2.75) is 6.42 Å². The van der Waals surface area contributed by atoms with Gasteiger partial charge in [-0.15, -0.1) is 10.2 Å². The summed E-state index contributed by atoms with van der Waals surface area (Å²) in [5.74, 6) is -0.244. The summed E-state index contributed by atoms with van der Waals surface area (Å²) in [4.78, 5) is 15.0. The van der Waals surface area contributed by atoms with E-state index in [0.29, 0.717) is 11.6 Å². The molecule has 7 heteroatoms. The van der Waals surface area contributed by atoms with E-state index in [9.17, 15) is 9.18 Å². The van der Waals surface area contributed by atoms with Crippen LogP contribution in [0.3, 0.4) is 0 Å². The SMILES string of the molecule is CN(C)C(=O)CN(C)c1nnc(Cc2ccc(F)cc2)s1. The molecule has 0 bridgehead atoms. The Labute approximate surface area is 127 Å². The molecule has 1 amide bonds. The third kappa shape index (κ3) is 4.22. The van der Waals surface area contributed by atoms with E-state index in [1.54, 1.807) is 31.1 Å². The molecule has 0 unspecified atom stereocenters. The van der Waals surface area contributed by atoms with Crippen molar-refractivity contribution < 1.29 is 9.18 Å². The van der Waals surface area contributed by atoms with Gasteiger partial charge in [-0.25, -0.2) is 4.39 Å². The quantitative estimate of drug-likeness (QED) is 0.845. The van der Waals surface area contributed by atoms with Gasteiger partial charge in [0, 0.05) is 27.6 Å². The number of hydrogen-bond donors (Lipinski definition) is 0. The fraction of sp³-hybridized carbons (Fsp3) is 0.357. The third-order valence-electron chi connectivity index (χ3n) is 2.92. The lowest BCUT2D eigenvalue weighted by molar-refractivity contribution is -0.127. The summed E-state index contributed by atoms with van der Waals surface area (Å²) < 4.78 is 12.9. The van der Waals surface area contributed by atoms with Gasteiger partial charge in [0.25, 0.3) is 0 Å². The van der Waals surface area contributed by atoms with Crippen molar-refractivity contribution in [1.29, 1.82) is 0 Å². The Morgan fingerprint density at radius 2 is 1.86 bits per heavy atom. The number of rotatable bonds is 5. The minimum Gasteiger partial charge on any atom is -0.347 e. The standard InChI is InChI=1S/C14H17FN4OS/c1-18(2)13(20)9-19(3)14-17-16-12(21-14)8-10-4-6-11(15)7-5-10/h4-7H,8-9H2,1-3H3. The summed E-state index contributed by atoms with van der Waals surface area (Å²) in [6.07, 6.45) is 0.605. The number of amides is 1. The molecule has 0 N–H and O–H groups in total. The van der Waals surface area contributed by atoms with Gasteiger partial charge in [0.2, 0.25) is 11.0 Å². The normalized spacial score (nSPS) is 10.5. The Kier molecular flexibility index (Phi) is 4.85. The van der Waals surface area contributed by atoms with Crippen molar-refractivity contribution in [3.05, 3.63) is 40.7 Å². The Morgan fingerprint density at radius 3 is 2.48 bits per heavy atom. The lowest BCUT2D eigenvalue weighted by atomic mass is 10.2. The summed E-state index contributed by atoms with van der Waals surface area (Å²) in [7, 11) is 5.25. The molecule has 1 heterocycles. The van der Waals surface area contributed by atoms with Crippen LogP contribution in [0.4, 0.5) is 9.52 Å². The van der Waals surface area contributed by atoms with E-state index >= 15 is 0 Å². The number of carbonyl (C=O) groups excluding carboxylic acids is 1. The van der Waals surface area contributed by atoms with E-state index in [1.165, 1.54) is 28.4 Å². The van der Waals surface area contributed by atoms with Crippen LogP contribution in [0.15, 0.2) is 24.3 Å². The Hall–Kier alpha value is -2.02. The van der Waals surface area contributed by atoms with Gasteiger partial charge in [0.15, 0.2) is 0 Å². The van der Waals surface area contributed by atoms with Crippen LogP contribution in [-0.2, 0) is 11.2 Å².